The summed E-state index contributed by atoms with van der Waals surface area (Å²) in [7, 11) is 2.95. The molecule has 0 saturated heterocycles. The molecule has 23 heavy (non-hydrogen) atoms. The van der Waals surface area contributed by atoms with Gasteiger partial charge in [0.1, 0.15) is 6.10 Å². The summed E-state index contributed by atoms with van der Waals surface area (Å²) in [4.78, 5) is 11.2. The Labute approximate surface area is 136 Å². The minimum absolute atomic E-state index is 0.204. The van der Waals surface area contributed by atoms with Crippen molar-refractivity contribution in [2.75, 3.05) is 20.8 Å². The second-order valence-corrected chi connectivity index (χ2v) is 4.88. The van der Waals surface area contributed by atoms with E-state index in [-0.39, 0.29) is 6.10 Å². The van der Waals surface area contributed by atoms with E-state index in [1.165, 1.54) is 7.11 Å². The maximum atomic E-state index is 11.2. The summed E-state index contributed by atoms with van der Waals surface area (Å²) in [5.74, 6) is 1.34. The molecule has 5 nitrogen and oxygen atoms in total. The largest absolute Gasteiger partial charge is 0.493 e. The molecule has 0 fully saturated rings. The van der Waals surface area contributed by atoms with Gasteiger partial charge in [-0.1, -0.05) is 42.5 Å². The SMILES string of the molecule is COC(=O)NCC[C@H](Oc1ccccc1OC)c1ccccc1. The van der Waals surface area contributed by atoms with Gasteiger partial charge in [0.15, 0.2) is 11.5 Å². The molecule has 122 valence electrons. The van der Waals surface area contributed by atoms with Crippen LogP contribution in [0.25, 0.3) is 0 Å². The first kappa shape index (κ1) is 16.7. The molecule has 0 radical (unpaired) electrons. The van der Waals surface area contributed by atoms with E-state index in [4.69, 9.17) is 9.47 Å². The van der Waals surface area contributed by atoms with Crippen LogP contribution in [0.15, 0.2) is 54.6 Å². The topological polar surface area (TPSA) is 56.8 Å². The Balaban J connectivity index is 2.11. The predicted octanol–water partition coefficient (Wildman–Crippen LogP) is 3.56. The van der Waals surface area contributed by atoms with Gasteiger partial charge in [-0.05, 0) is 17.7 Å². The summed E-state index contributed by atoms with van der Waals surface area (Å²) >= 11 is 0. The third kappa shape index (κ3) is 4.92. The number of alkyl carbamates (subject to hydrolysis) is 1. The monoisotopic (exact) mass is 315 g/mol. The van der Waals surface area contributed by atoms with Gasteiger partial charge >= 0.3 is 6.09 Å². The average molecular weight is 315 g/mol. The Morgan fingerprint density at radius 2 is 1.65 bits per heavy atom. The summed E-state index contributed by atoms with van der Waals surface area (Å²) in [6, 6.07) is 17.4. The lowest BCUT2D eigenvalue weighted by molar-refractivity contribution is 0.162. The molecule has 2 rings (SSSR count). The van der Waals surface area contributed by atoms with Crippen LogP contribution < -0.4 is 14.8 Å². The third-order valence-corrected chi connectivity index (χ3v) is 3.37. The van der Waals surface area contributed by atoms with Crippen LogP contribution in [0.1, 0.15) is 18.1 Å². The highest BCUT2D eigenvalue weighted by molar-refractivity contribution is 5.66. The molecule has 0 saturated carbocycles. The van der Waals surface area contributed by atoms with Gasteiger partial charge in [-0.2, -0.15) is 0 Å². The molecule has 1 atom stereocenters. The number of nitrogens with one attached hydrogen (secondary N) is 1. The van der Waals surface area contributed by atoms with E-state index in [2.05, 4.69) is 10.1 Å². The van der Waals surface area contributed by atoms with Crippen molar-refractivity contribution in [3.8, 4) is 11.5 Å². The van der Waals surface area contributed by atoms with Crippen molar-refractivity contribution in [1.82, 2.24) is 5.32 Å². The second kappa shape index (κ2) is 8.68. The number of carbonyl (C=O) groups is 1. The summed E-state index contributed by atoms with van der Waals surface area (Å²) in [5.41, 5.74) is 1.03. The highest BCUT2D eigenvalue weighted by Gasteiger charge is 2.16. The first-order valence-electron chi connectivity index (χ1n) is 7.41. The zero-order valence-electron chi connectivity index (χ0n) is 13.3. The fraction of sp³-hybridized carbons (Fsp3) is 0.278. The van der Waals surface area contributed by atoms with Crippen LogP contribution in [0.2, 0.25) is 0 Å². The van der Waals surface area contributed by atoms with Crippen molar-refractivity contribution in [2.24, 2.45) is 0 Å². The lowest BCUT2D eigenvalue weighted by Crippen LogP contribution is -2.26. The lowest BCUT2D eigenvalue weighted by Gasteiger charge is -2.21. The summed E-state index contributed by atoms with van der Waals surface area (Å²) in [6.07, 6.45) is -0.0456. The van der Waals surface area contributed by atoms with E-state index >= 15 is 0 Å². The summed E-state index contributed by atoms with van der Waals surface area (Å²) < 4.78 is 16.0. The Morgan fingerprint density at radius 1 is 1.00 bits per heavy atom. The van der Waals surface area contributed by atoms with Crippen LogP contribution in [0.5, 0.6) is 11.5 Å². The molecule has 2 aromatic rings. The van der Waals surface area contributed by atoms with E-state index in [1.54, 1.807) is 7.11 Å². The second-order valence-electron chi connectivity index (χ2n) is 4.88. The van der Waals surface area contributed by atoms with Gasteiger partial charge in [-0.3, -0.25) is 0 Å². The predicted molar refractivity (Wildman–Crippen MR) is 87.8 cm³/mol. The van der Waals surface area contributed by atoms with Crippen LogP contribution in [-0.2, 0) is 4.74 Å². The first-order chi connectivity index (χ1) is 11.2. The number of para-hydroxylation sites is 2. The highest BCUT2D eigenvalue weighted by Crippen LogP contribution is 2.31. The Hall–Kier alpha value is -2.69. The molecule has 0 spiro atoms. The Morgan fingerprint density at radius 3 is 2.30 bits per heavy atom. The van der Waals surface area contributed by atoms with E-state index in [1.807, 2.05) is 54.6 Å². The van der Waals surface area contributed by atoms with E-state index in [0.29, 0.717) is 24.5 Å². The zero-order chi connectivity index (χ0) is 16.5. The van der Waals surface area contributed by atoms with Crippen molar-refractivity contribution in [1.29, 1.82) is 0 Å². The normalized spacial score (nSPS) is 11.4. The smallest absolute Gasteiger partial charge is 0.406 e. The van der Waals surface area contributed by atoms with E-state index in [0.717, 1.165) is 5.56 Å². The zero-order valence-corrected chi connectivity index (χ0v) is 13.3. The van der Waals surface area contributed by atoms with E-state index in [9.17, 15) is 4.79 Å². The number of hydrogen-bond acceptors (Lipinski definition) is 4. The molecular formula is C18H21NO4. The van der Waals surface area contributed by atoms with Crippen LogP contribution in [0.3, 0.4) is 0 Å². The number of rotatable bonds is 7. The number of ether oxygens (including phenoxy) is 3. The molecule has 1 N–H and O–H groups in total. The lowest BCUT2D eigenvalue weighted by atomic mass is 10.1. The van der Waals surface area contributed by atoms with Crippen molar-refractivity contribution in [2.45, 2.75) is 12.5 Å². The maximum Gasteiger partial charge on any atom is 0.406 e. The standard InChI is InChI=1S/C18H21NO4/c1-21-16-10-6-7-11-17(16)23-15(12-13-19-18(20)22-2)14-8-4-3-5-9-14/h3-11,15H,12-13H2,1-2H3,(H,19,20)/t15-/m0/s1. The van der Waals surface area contributed by atoms with E-state index < -0.39 is 6.09 Å². The summed E-state index contributed by atoms with van der Waals surface area (Å²) in [6.45, 7) is 0.446. The summed E-state index contributed by atoms with van der Waals surface area (Å²) in [5, 5.41) is 2.67. The Bertz CT molecular complexity index is 615. The van der Waals surface area contributed by atoms with Crippen molar-refractivity contribution in [3.05, 3.63) is 60.2 Å². The molecule has 0 bridgehead atoms. The molecule has 5 heteroatoms. The maximum absolute atomic E-state index is 11.2. The van der Waals surface area contributed by atoms with Crippen LogP contribution in [-0.4, -0.2) is 26.9 Å². The van der Waals surface area contributed by atoms with Crippen molar-refractivity contribution >= 4 is 6.09 Å². The van der Waals surface area contributed by atoms with Gasteiger partial charge in [-0.25, -0.2) is 4.79 Å². The van der Waals surface area contributed by atoms with Crippen molar-refractivity contribution < 1.29 is 19.0 Å². The van der Waals surface area contributed by atoms with Gasteiger partial charge in [0.25, 0.3) is 0 Å². The molecule has 0 aliphatic rings. The molecular weight excluding hydrogens is 294 g/mol. The third-order valence-electron chi connectivity index (χ3n) is 3.37. The van der Waals surface area contributed by atoms with Gasteiger partial charge in [0.2, 0.25) is 0 Å². The van der Waals surface area contributed by atoms with Gasteiger partial charge in [0.05, 0.1) is 14.2 Å². The Kier molecular flexibility index (Phi) is 6.29. The average Bonchev–Trinajstić information content (AvgIpc) is 2.61. The fourth-order valence-corrected chi connectivity index (χ4v) is 2.21. The number of hydrogen-bond donors (Lipinski definition) is 1. The molecule has 0 unspecified atom stereocenters. The molecule has 2 aromatic carbocycles. The number of carbonyl (C=O) groups excluding carboxylic acids is 1. The highest BCUT2D eigenvalue weighted by atomic mass is 16.5. The molecule has 0 aliphatic carbocycles. The van der Waals surface area contributed by atoms with Crippen LogP contribution >= 0.6 is 0 Å². The molecule has 0 heterocycles. The molecule has 1 amide bonds. The van der Waals surface area contributed by atoms with Gasteiger partial charge < -0.3 is 19.5 Å². The van der Waals surface area contributed by atoms with Gasteiger partial charge in [0, 0.05) is 13.0 Å². The minimum Gasteiger partial charge on any atom is -0.493 e. The minimum atomic E-state index is -0.450. The molecule has 0 aliphatic heterocycles. The van der Waals surface area contributed by atoms with Gasteiger partial charge in [-0.15, -0.1) is 0 Å². The number of methoxy groups -OCH3 is 2. The first-order valence-corrected chi connectivity index (χ1v) is 7.41. The fourth-order valence-electron chi connectivity index (χ4n) is 2.21. The number of benzene rings is 2. The van der Waals surface area contributed by atoms with Crippen LogP contribution in [0, 0.1) is 0 Å². The quantitative estimate of drug-likeness (QED) is 0.849. The van der Waals surface area contributed by atoms with Crippen LogP contribution in [0.4, 0.5) is 4.79 Å². The molecule has 0 aromatic heterocycles. The number of amides is 1. The van der Waals surface area contributed by atoms with Crippen molar-refractivity contribution in [3.63, 3.8) is 0 Å².